The van der Waals surface area contributed by atoms with E-state index < -0.39 is 17.7 Å². The number of carboxylic acid groups (broad SMARTS) is 1. The van der Waals surface area contributed by atoms with E-state index in [0.717, 1.165) is 12.8 Å². The first-order valence-corrected chi connectivity index (χ1v) is 6.61. The molecule has 2 amide bonds. The van der Waals surface area contributed by atoms with Crippen LogP contribution in [0.3, 0.4) is 0 Å². The van der Waals surface area contributed by atoms with E-state index in [4.69, 9.17) is 9.84 Å². The molecule has 1 rings (SSSR count). The summed E-state index contributed by atoms with van der Waals surface area (Å²) in [5, 5.41) is 23.8. The molecule has 4 N–H and O–H groups in total. The number of phenols is 1. The van der Waals surface area contributed by atoms with Gasteiger partial charge in [0.1, 0.15) is 5.56 Å². The van der Waals surface area contributed by atoms with Crippen molar-refractivity contribution in [3.63, 3.8) is 0 Å². The average Bonchev–Trinajstić information content (AvgIpc) is 2.41. The Kier molecular flexibility index (Phi) is 6.48. The number of aromatic hydroxyl groups is 1. The van der Waals surface area contributed by atoms with Crippen LogP contribution in [0, 0.1) is 0 Å². The molecule has 0 aliphatic carbocycles. The standard InChI is InChI=1S/C14H20N2O5/c1-3-5-9(8-21-2)15-14(20)16-11-7-4-6-10(12(11)17)13(18)19/h4,6-7,9,17H,3,5,8H2,1-2H3,(H,18,19)(H2,15,16,20). The van der Waals surface area contributed by atoms with E-state index in [9.17, 15) is 14.7 Å². The number of aromatic carboxylic acids is 1. The maximum absolute atomic E-state index is 11.9. The van der Waals surface area contributed by atoms with Crippen molar-refractivity contribution in [2.75, 3.05) is 19.0 Å². The van der Waals surface area contributed by atoms with Gasteiger partial charge in [-0.3, -0.25) is 0 Å². The van der Waals surface area contributed by atoms with Gasteiger partial charge in [-0.15, -0.1) is 0 Å². The van der Waals surface area contributed by atoms with Crippen LogP contribution in [0.5, 0.6) is 5.75 Å². The molecule has 7 heteroatoms. The fourth-order valence-corrected chi connectivity index (χ4v) is 1.91. The number of carboxylic acids is 1. The summed E-state index contributed by atoms with van der Waals surface area (Å²) in [6.07, 6.45) is 1.64. The largest absolute Gasteiger partial charge is 0.505 e. The van der Waals surface area contributed by atoms with Crippen molar-refractivity contribution in [1.82, 2.24) is 5.32 Å². The first-order chi connectivity index (χ1) is 9.99. The molecule has 0 heterocycles. The van der Waals surface area contributed by atoms with Gasteiger partial charge in [-0.05, 0) is 18.6 Å². The van der Waals surface area contributed by atoms with Gasteiger partial charge in [-0.1, -0.05) is 19.4 Å². The summed E-state index contributed by atoms with van der Waals surface area (Å²) in [6, 6.07) is 3.45. The summed E-state index contributed by atoms with van der Waals surface area (Å²) >= 11 is 0. The van der Waals surface area contributed by atoms with Gasteiger partial charge in [0.2, 0.25) is 0 Å². The highest BCUT2D eigenvalue weighted by molar-refractivity contribution is 5.97. The Labute approximate surface area is 122 Å². The highest BCUT2D eigenvalue weighted by Crippen LogP contribution is 2.27. The number of hydrogen-bond donors (Lipinski definition) is 4. The molecule has 0 saturated carbocycles. The number of rotatable bonds is 7. The van der Waals surface area contributed by atoms with Gasteiger partial charge in [-0.2, -0.15) is 0 Å². The van der Waals surface area contributed by atoms with E-state index in [1.54, 1.807) is 7.11 Å². The lowest BCUT2D eigenvalue weighted by Crippen LogP contribution is -2.40. The van der Waals surface area contributed by atoms with E-state index in [2.05, 4.69) is 10.6 Å². The van der Waals surface area contributed by atoms with Crippen molar-refractivity contribution in [3.8, 4) is 5.75 Å². The first-order valence-electron chi connectivity index (χ1n) is 6.61. The van der Waals surface area contributed by atoms with Crippen LogP contribution in [0.25, 0.3) is 0 Å². The Balaban J connectivity index is 2.74. The fourth-order valence-electron chi connectivity index (χ4n) is 1.91. The average molecular weight is 296 g/mol. The van der Waals surface area contributed by atoms with Gasteiger partial charge in [0.05, 0.1) is 18.3 Å². The van der Waals surface area contributed by atoms with Gasteiger partial charge in [0, 0.05) is 7.11 Å². The monoisotopic (exact) mass is 296 g/mol. The molecule has 1 aromatic carbocycles. The van der Waals surface area contributed by atoms with Crippen molar-refractivity contribution in [3.05, 3.63) is 23.8 Å². The molecular weight excluding hydrogens is 276 g/mol. The summed E-state index contributed by atoms with van der Waals surface area (Å²) in [5.41, 5.74) is -0.227. The molecule has 0 bridgehead atoms. The van der Waals surface area contributed by atoms with Crippen LogP contribution in [-0.2, 0) is 4.74 Å². The second-order valence-corrected chi connectivity index (χ2v) is 4.55. The summed E-state index contributed by atoms with van der Waals surface area (Å²) in [4.78, 5) is 22.8. The predicted molar refractivity (Wildman–Crippen MR) is 77.8 cm³/mol. The number of amides is 2. The third kappa shape index (κ3) is 4.96. The first kappa shape index (κ1) is 16.8. The maximum Gasteiger partial charge on any atom is 0.339 e. The lowest BCUT2D eigenvalue weighted by Gasteiger charge is -2.18. The molecule has 1 aromatic rings. The zero-order valence-corrected chi connectivity index (χ0v) is 12.0. The van der Waals surface area contributed by atoms with Gasteiger partial charge >= 0.3 is 12.0 Å². The minimum atomic E-state index is -1.26. The minimum Gasteiger partial charge on any atom is -0.505 e. The van der Waals surface area contributed by atoms with Crippen LogP contribution in [0.4, 0.5) is 10.5 Å². The molecule has 116 valence electrons. The normalized spacial score (nSPS) is 11.7. The fraction of sp³-hybridized carbons (Fsp3) is 0.429. The Morgan fingerprint density at radius 1 is 1.38 bits per heavy atom. The van der Waals surface area contributed by atoms with Crippen LogP contribution in [0.1, 0.15) is 30.1 Å². The van der Waals surface area contributed by atoms with E-state index in [0.29, 0.717) is 6.61 Å². The number of carbonyl (C=O) groups excluding carboxylic acids is 1. The van der Waals surface area contributed by atoms with Gasteiger partial charge in [0.25, 0.3) is 0 Å². The van der Waals surface area contributed by atoms with Gasteiger partial charge in [0.15, 0.2) is 5.75 Å². The van der Waals surface area contributed by atoms with Crippen LogP contribution in [-0.4, -0.2) is 42.0 Å². The Hall–Kier alpha value is -2.28. The molecule has 0 aromatic heterocycles. The van der Waals surface area contributed by atoms with Gasteiger partial charge < -0.3 is 25.6 Å². The molecule has 1 unspecified atom stereocenters. The molecule has 0 fully saturated rings. The topological polar surface area (TPSA) is 108 Å². The molecule has 0 spiro atoms. The van der Waals surface area contributed by atoms with Crippen LogP contribution < -0.4 is 10.6 Å². The van der Waals surface area contributed by atoms with Crippen molar-refractivity contribution >= 4 is 17.7 Å². The molecule has 0 radical (unpaired) electrons. The van der Waals surface area contributed by atoms with Crippen LogP contribution >= 0.6 is 0 Å². The van der Waals surface area contributed by atoms with Crippen LogP contribution in [0.2, 0.25) is 0 Å². The second-order valence-electron chi connectivity index (χ2n) is 4.55. The minimum absolute atomic E-state index is 0.0417. The molecule has 0 aliphatic heterocycles. The summed E-state index contributed by atoms with van der Waals surface area (Å²) in [5.74, 6) is -1.74. The van der Waals surface area contributed by atoms with Crippen molar-refractivity contribution < 1.29 is 24.5 Å². The number of carbonyl (C=O) groups is 2. The van der Waals surface area contributed by atoms with Crippen molar-refractivity contribution in [2.45, 2.75) is 25.8 Å². The second kappa shape index (κ2) is 8.11. The van der Waals surface area contributed by atoms with E-state index >= 15 is 0 Å². The predicted octanol–water partition coefficient (Wildman–Crippen LogP) is 2.03. The number of urea groups is 1. The summed E-state index contributed by atoms with van der Waals surface area (Å²) in [6.45, 7) is 2.37. The number of benzene rings is 1. The number of ether oxygens (including phenoxy) is 1. The molecular formula is C14H20N2O5. The van der Waals surface area contributed by atoms with Crippen molar-refractivity contribution in [2.24, 2.45) is 0 Å². The molecule has 7 nitrogen and oxygen atoms in total. The van der Waals surface area contributed by atoms with Gasteiger partial charge in [-0.25, -0.2) is 9.59 Å². The van der Waals surface area contributed by atoms with Crippen LogP contribution in [0.15, 0.2) is 18.2 Å². The zero-order valence-electron chi connectivity index (χ0n) is 12.0. The van der Waals surface area contributed by atoms with E-state index in [-0.39, 0.29) is 17.3 Å². The molecule has 0 saturated heterocycles. The Morgan fingerprint density at radius 2 is 2.10 bits per heavy atom. The number of hydrogen-bond acceptors (Lipinski definition) is 4. The Bertz CT molecular complexity index is 498. The number of nitrogens with one attached hydrogen (secondary N) is 2. The highest BCUT2D eigenvalue weighted by Gasteiger charge is 2.16. The number of methoxy groups -OCH3 is 1. The SMILES string of the molecule is CCCC(COC)NC(=O)Nc1cccc(C(=O)O)c1O. The smallest absolute Gasteiger partial charge is 0.339 e. The van der Waals surface area contributed by atoms with E-state index in [1.807, 2.05) is 6.92 Å². The Morgan fingerprint density at radius 3 is 2.67 bits per heavy atom. The third-order valence-corrected chi connectivity index (χ3v) is 2.85. The molecule has 1 atom stereocenters. The highest BCUT2D eigenvalue weighted by atomic mass is 16.5. The maximum atomic E-state index is 11.9. The summed E-state index contributed by atoms with van der Waals surface area (Å²) < 4.78 is 5.01. The van der Waals surface area contributed by atoms with Crippen molar-refractivity contribution in [1.29, 1.82) is 0 Å². The third-order valence-electron chi connectivity index (χ3n) is 2.85. The summed E-state index contributed by atoms with van der Waals surface area (Å²) in [7, 11) is 1.55. The number of para-hydroxylation sites is 1. The van der Waals surface area contributed by atoms with E-state index in [1.165, 1.54) is 18.2 Å². The molecule has 0 aliphatic rings. The lowest BCUT2D eigenvalue weighted by molar-refractivity contribution is 0.0693. The lowest BCUT2D eigenvalue weighted by atomic mass is 10.1. The zero-order chi connectivity index (χ0) is 15.8. The quantitative estimate of drug-likeness (QED) is 0.576. The molecule has 21 heavy (non-hydrogen) atoms. The number of anilines is 1.